The van der Waals surface area contributed by atoms with Gasteiger partial charge in [-0.2, -0.15) is 4.31 Å². The van der Waals surface area contributed by atoms with Gasteiger partial charge in [0.15, 0.2) is 23.1 Å². The first-order valence-electron chi connectivity index (χ1n) is 44.1. The smallest absolute Gasteiger partial charge is 0.410 e. The van der Waals surface area contributed by atoms with Crippen LogP contribution in [0.1, 0.15) is 227 Å². The van der Waals surface area contributed by atoms with Crippen LogP contribution in [0.4, 0.5) is 9.59 Å². The Labute approximate surface area is 752 Å². The number of nitrogens with one attached hydrogen (secondary N) is 4. The fourth-order valence-corrected chi connectivity index (χ4v) is 21.8. The van der Waals surface area contributed by atoms with Crippen LogP contribution in [0.25, 0.3) is 0 Å². The lowest BCUT2D eigenvalue weighted by atomic mass is 10.0. The number of carbonyl (C=O) groups is 4. The normalized spacial score (nSPS) is 25.4. The van der Waals surface area contributed by atoms with Gasteiger partial charge in [-0.05, 0) is 132 Å². The van der Waals surface area contributed by atoms with Crippen LogP contribution in [-0.4, -0.2) is 215 Å². The Morgan fingerprint density at radius 1 is 0.394 bits per heavy atom. The summed E-state index contributed by atoms with van der Waals surface area (Å²) in [6, 6.07) is 44.6. The van der Waals surface area contributed by atoms with Gasteiger partial charge in [0.05, 0.1) is 96.0 Å². The molecule has 5 aromatic rings. The first kappa shape index (κ1) is 100. The predicted molar refractivity (Wildman–Crippen MR) is 483 cm³/mol. The van der Waals surface area contributed by atoms with Crippen LogP contribution >= 0.6 is 0 Å². The number of hydrogen-bond acceptors (Lipinski definition) is 23. The minimum Gasteiger partial charge on any atom is -0.445 e. The fraction of sp³-hybridized carbons (Fsp3) is 0.596. The molecule has 11 atom stereocenters. The van der Waals surface area contributed by atoms with E-state index in [4.69, 9.17) is 47.4 Å². The molecule has 5 saturated heterocycles. The molecule has 29 nitrogen and oxygen atoms in total. The number of hydrogen-bond donors (Lipinski definition) is 4. The second-order valence-corrected chi connectivity index (χ2v) is 48.1. The van der Waals surface area contributed by atoms with E-state index in [0.29, 0.717) is 96.8 Å². The second-order valence-electron chi connectivity index (χ2n) is 38.1. The zero-order valence-electron chi connectivity index (χ0n) is 76.1. The van der Waals surface area contributed by atoms with Crippen LogP contribution in [-0.2, 0) is 110 Å². The van der Waals surface area contributed by atoms with Crippen molar-refractivity contribution in [3.8, 4) is 0 Å². The lowest BCUT2D eigenvalue weighted by Crippen LogP contribution is -2.54. The van der Waals surface area contributed by atoms with Gasteiger partial charge in [0.25, 0.3) is 0 Å². The molecule has 5 heterocycles. The van der Waals surface area contributed by atoms with Gasteiger partial charge in [-0.25, -0.2) is 57.4 Å². The van der Waals surface area contributed by atoms with Crippen molar-refractivity contribution in [3.63, 3.8) is 0 Å². The fourth-order valence-electron chi connectivity index (χ4n) is 17.0. The van der Waals surface area contributed by atoms with Crippen LogP contribution in [0, 0.1) is 0 Å². The molecule has 0 aromatic heterocycles. The van der Waals surface area contributed by atoms with Crippen molar-refractivity contribution in [1.82, 2.24) is 33.6 Å². The third kappa shape index (κ3) is 25.5. The average molecular weight is 1840 g/mol. The molecule has 0 radical (unpaired) electrons. The molecule has 6 aliphatic carbocycles. The molecule has 16 rings (SSSR count). The van der Waals surface area contributed by atoms with Gasteiger partial charge in [-0.1, -0.05) is 176 Å². The van der Waals surface area contributed by atoms with Gasteiger partial charge in [0.2, 0.25) is 40.1 Å². The number of ketones is 2. The average Bonchev–Trinajstić information content (AvgIpc) is 1.53. The Bertz CT molecular complexity index is 4970. The third-order valence-corrected chi connectivity index (χ3v) is 34.0. The first-order valence-corrected chi connectivity index (χ1v) is 50.0. The van der Waals surface area contributed by atoms with Crippen molar-refractivity contribution in [2.75, 3.05) is 52.9 Å². The number of benzene rings is 5. The zero-order chi connectivity index (χ0) is 92.2. The van der Waals surface area contributed by atoms with Crippen LogP contribution in [0.3, 0.4) is 0 Å². The maximum Gasteiger partial charge on any atom is 0.410 e. The molecule has 8 unspecified atom stereocenters. The van der Waals surface area contributed by atoms with Crippen molar-refractivity contribution in [3.05, 3.63) is 204 Å². The number of allylic oxidation sites excluding steroid dienone is 2. The van der Waals surface area contributed by atoms with E-state index in [1.807, 2.05) is 166 Å². The molecule has 0 bridgehead atoms. The minimum absolute atomic E-state index is 0.0317. The van der Waals surface area contributed by atoms with Crippen LogP contribution in [0.15, 0.2) is 176 Å². The number of amides is 2. The number of ether oxygens (including phenoxy) is 10. The monoisotopic (exact) mass is 1840 g/mol. The van der Waals surface area contributed by atoms with Crippen molar-refractivity contribution >= 4 is 63.8 Å². The highest BCUT2D eigenvalue weighted by molar-refractivity contribution is 7.91. The third-order valence-electron chi connectivity index (χ3n) is 24.7. The molecule has 5 aromatic carbocycles. The summed E-state index contributed by atoms with van der Waals surface area (Å²) in [6.07, 6.45) is 13.4. The summed E-state index contributed by atoms with van der Waals surface area (Å²) in [5.41, 5.74) is 4.66. The number of nitrogens with zero attached hydrogens (tertiary/aromatic N) is 3. The molecule has 33 heteroatoms. The number of Topliss-reactive ketones (excluding diaryl/α,β-unsaturated/α-hetero) is 2. The van der Waals surface area contributed by atoms with E-state index >= 15 is 0 Å². The lowest BCUT2D eigenvalue weighted by molar-refractivity contribution is -0.158. The van der Waals surface area contributed by atoms with E-state index in [-0.39, 0.29) is 73.9 Å². The van der Waals surface area contributed by atoms with Crippen LogP contribution in [0.5, 0.6) is 0 Å². The van der Waals surface area contributed by atoms with Gasteiger partial charge >= 0.3 is 12.2 Å². The highest BCUT2D eigenvalue weighted by Crippen LogP contribution is 2.54. The maximum atomic E-state index is 13.7. The van der Waals surface area contributed by atoms with Crippen LogP contribution < -0.4 is 19.5 Å². The quantitative estimate of drug-likeness (QED) is 0.0415. The molecular weight excluding hydrogens is 1710 g/mol. The summed E-state index contributed by atoms with van der Waals surface area (Å²) >= 11 is 0. The number of rotatable bonds is 20. The Kier molecular flexibility index (Phi) is 32.9. The molecule has 5 aliphatic heterocycles. The lowest BCUT2D eigenvalue weighted by Gasteiger charge is -2.37. The molecule has 4 saturated carbocycles. The predicted octanol–water partition coefficient (Wildman–Crippen LogP) is 13.6. The number of fused-ring (bicyclic) bond motifs is 1. The molecule has 11 aliphatic rings. The van der Waals surface area contributed by atoms with Gasteiger partial charge in [0, 0.05) is 119 Å². The summed E-state index contributed by atoms with van der Waals surface area (Å²) in [6.45, 7) is 30.9. The van der Waals surface area contributed by atoms with Crippen LogP contribution in [0.2, 0.25) is 0 Å². The molecule has 9 fully saturated rings. The van der Waals surface area contributed by atoms with Gasteiger partial charge in [0.1, 0.15) is 24.8 Å². The minimum atomic E-state index is -3.72. The van der Waals surface area contributed by atoms with E-state index < -0.39 is 119 Å². The van der Waals surface area contributed by atoms with Crippen molar-refractivity contribution < 1.29 is 100 Å². The van der Waals surface area contributed by atoms with Crippen molar-refractivity contribution in [2.24, 2.45) is 0 Å². The number of carbonyl (C=O) groups excluding carboxylic acids is 4. The molecule has 700 valence electrons. The van der Waals surface area contributed by atoms with Crippen molar-refractivity contribution in [1.29, 1.82) is 0 Å². The van der Waals surface area contributed by atoms with Gasteiger partial charge in [-0.15, -0.1) is 0 Å². The standard InChI is InChI=1S/C27H36N2O6S.C25H32N2O5S.C19H30N2O4S.C11H19NO4S.C7H10O2.C5H6O/c1-20(22-13-9-6-10-14-22)29(25(30)33-19-21-11-7-5-8-12-21)24-18-27(34-15-16-35-27)17-23(24)28-36(31,32)26(2,3)4;1-18(20-13-9-6-10-14-20)27(24(29)32-17-19-11-7-5-8-12-19)23-16-21(28)15-22(23)26-33(30,31)25(2,3)4;1-14(15-8-6-5-7-9-15)20-16-12-19(24-10-11-25-19)13-17(16)21-26(22,23)18(2,3)4;1-10(2,3)17(13,14)12-8-6-11(7-9(8)12)15-4-5-16-11;1-2-4-7(3-1)8-5-6-9-7;6-5-3-1-2-4-5/h5-14,20,23-24,28H,15-19H2,1-4H3;5-14,18,22-23,26H,15-17H2,1-4H3;5-9,14,16-17,20-21H,10-13H2,1-4H3;8-9H,4-7H2,1-3H3;1-2H,3-6H2;1-2H,3-4H2/t20-,23?,24?;18-,22?,23?;14-,16?,17?;;;/m111.../s1. The first-order chi connectivity index (χ1) is 59.7. The number of sulfonamides is 4. The summed E-state index contributed by atoms with van der Waals surface area (Å²) in [4.78, 5) is 52.8. The Hall–Kier alpha value is -7.26. The van der Waals surface area contributed by atoms with E-state index in [1.165, 1.54) is 10.5 Å². The Morgan fingerprint density at radius 2 is 0.724 bits per heavy atom. The second kappa shape index (κ2) is 41.7. The highest BCUT2D eigenvalue weighted by atomic mass is 32.2. The summed E-state index contributed by atoms with van der Waals surface area (Å²) in [7, 11) is -14.1. The van der Waals surface area contributed by atoms with E-state index in [2.05, 4.69) is 50.7 Å². The molecule has 2 amide bonds. The van der Waals surface area contributed by atoms with E-state index in [0.717, 1.165) is 48.3 Å². The number of piperidine rings is 1. The Balaban J connectivity index is 0.000000158. The molecule has 4 N–H and O–H groups in total. The summed E-state index contributed by atoms with van der Waals surface area (Å²) < 4.78 is 166. The van der Waals surface area contributed by atoms with E-state index in [9.17, 15) is 52.8 Å². The molecule has 127 heavy (non-hydrogen) atoms. The highest BCUT2D eigenvalue weighted by Gasteiger charge is 2.68. The zero-order valence-corrected chi connectivity index (χ0v) is 79.4. The Morgan fingerprint density at radius 3 is 1.10 bits per heavy atom. The largest absolute Gasteiger partial charge is 0.445 e. The maximum absolute atomic E-state index is 13.7. The topological polar surface area (TPSA) is 355 Å². The molecule has 4 spiro atoms. The van der Waals surface area contributed by atoms with Gasteiger partial charge in [-0.3, -0.25) is 19.4 Å². The van der Waals surface area contributed by atoms with Crippen molar-refractivity contribution in [2.45, 2.75) is 303 Å². The summed E-state index contributed by atoms with van der Waals surface area (Å²) in [5, 5.41) is 3.58. The SMILES string of the molecule is C1=CCC2(C1)OCCO2.CC(C)(C)S(=O)(=O)N1C2CC3(CC21)OCCO3.C[C@@H](NC1CC2(CC1NS(=O)(=O)C(C)(C)C)OCCO2)c1ccccc1.C[C@H](c1ccccc1)N(C(=O)OCc1ccccc1)C1CC(=O)CC1NS(=O)(=O)C(C)(C)C.C[C@H](c1ccccc1)N(C(=O)OCc1ccccc1)C1CC2(CC1NS(=O)(=O)C(C)(C)C)OCCO2.O=C1CC=CC1. The summed E-state index contributed by atoms with van der Waals surface area (Å²) in [5.74, 6) is -2.07. The molecular formula is C94H133N7O22S4. The van der Waals surface area contributed by atoms with Gasteiger partial charge < -0.3 is 52.7 Å². The van der Waals surface area contributed by atoms with E-state index in [1.54, 1.807) is 92.3 Å².